The second-order valence-corrected chi connectivity index (χ2v) is 29.2. The van der Waals surface area contributed by atoms with Gasteiger partial charge in [0.05, 0.1) is 19.5 Å². The van der Waals surface area contributed by atoms with E-state index >= 15 is 4.79 Å². The SMILES string of the molecule is CCC(C)C1NC(=O)C(NC(=O)C(Cc2c[nH]c3ccccc23)NC(=O)C(CCCN)NC(=O)CNC(=O)C(CCCN)NC(=O)C(CCCN)NC(=O)C(Cc2c[nH]c3ccccc23)NC(=O)C(Cc2ccc(O)cc2)NC(=O)C(CC=O)NC(=O)CCCCCC(C)C)C(C)OC(=O)CNC(=O)CNC(=O)C(CC(N)=O)NC1=O. The Morgan fingerprint density at radius 3 is 1.58 bits per heavy atom. The lowest BCUT2D eigenvalue weighted by molar-refractivity contribution is -0.153. The summed E-state index contributed by atoms with van der Waals surface area (Å²) in [6, 6.07) is 4.54. The number of nitrogens with one attached hydrogen (secondary N) is 15. The number of H-pyrrole nitrogens is 2. The molecule has 1 fully saturated rings. The Labute approximate surface area is 671 Å². The zero-order chi connectivity index (χ0) is 85.0. The fourth-order valence-corrected chi connectivity index (χ4v) is 12.9. The van der Waals surface area contributed by atoms with E-state index in [0.717, 1.165) is 19.3 Å². The Bertz CT molecular complexity index is 4210. The van der Waals surface area contributed by atoms with E-state index in [2.05, 4.69) is 92.9 Å². The zero-order valence-electron chi connectivity index (χ0n) is 66.1. The lowest BCUT2D eigenvalue weighted by Gasteiger charge is -2.31. The maximum absolute atomic E-state index is 15.0. The van der Waals surface area contributed by atoms with Gasteiger partial charge in [-0.25, -0.2) is 0 Å². The number of esters is 1. The van der Waals surface area contributed by atoms with Gasteiger partial charge >= 0.3 is 5.97 Å². The molecule has 5 aromatic rings. The largest absolute Gasteiger partial charge is 0.508 e. The van der Waals surface area contributed by atoms with Gasteiger partial charge in [0.25, 0.3) is 0 Å². The van der Waals surface area contributed by atoms with E-state index in [-0.39, 0.29) is 96.0 Å². The zero-order valence-corrected chi connectivity index (χ0v) is 66.1. The number of carbonyl (C=O) groups is 16. The van der Waals surface area contributed by atoms with Crippen LogP contribution in [0.4, 0.5) is 0 Å². The molecule has 0 saturated carbocycles. The molecule has 12 unspecified atom stereocenters. The van der Waals surface area contributed by atoms with Crippen molar-refractivity contribution < 1.29 is 86.6 Å². The molecule has 116 heavy (non-hydrogen) atoms. The van der Waals surface area contributed by atoms with Crippen molar-refractivity contribution in [2.45, 2.75) is 210 Å². The van der Waals surface area contributed by atoms with Gasteiger partial charge in [-0.15, -0.1) is 0 Å². The quantitative estimate of drug-likeness (QED) is 0.0112. The van der Waals surface area contributed by atoms with Gasteiger partial charge in [-0.1, -0.05) is 102 Å². The van der Waals surface area contributed by atoms with Crippen molar-refractivity contribution in [1.82, 2.24) is 79.1 Å². The molecule has 3 aromatic carbocycles. The summed E-state index contributed by atoms with van der Waals surface area (Å²) < 4.78 is 5.56. The average molecular weight is 1620 g/mol. The molecule has 37 heteroatoms. The monoisotopic (exact) mass is 1620 g/mol. The molecule has 2 aromatic heterocycles. The first kappa shape index (κ1) is 93.0. The number of aromatic amines is 2. The summed E-state index contributed by atoms with van der Waals surface area (Å²) in [5.41, 5.74) is 26.0. The van der Waals surface area contributed by atoms with Crippen molar-refractivity contribution in [1.29, 1.82) is 0 Å². The van der Waals surface area contributed by atoms with Crippen LogP contribution in [-0.4, -0.2) is 216 Å². The van der Waals surface area contributed by atoms with Crippen LogP contribution in [0.3, 0.4) is 0 Å². The van der Waals surface area contributed by atoms with Crippen molar-refractivity contribution in [3.63, 3.8) is 0 Å². The predicted molar refractivity (Wildman–Crippen MR) is 426 cm³/mol. The Hall–Kier alpha value is -11.9. The van der Waals surface area contributed by atoms with Gasteiger partial charge in [0.2, 0.25) is 82.7 Å². The highest BCUT2D eigenvalue weighted by molar-refractivity contribution is 6.01. The number of nitrogens with two attached hydrogens (primary N) is 4. The third kappa shape index (κ3) is 30.2. The van der Waals surface area contributed by atoms with E-state index < -0.39 is 194 Å². The topological polar surface area (TPSA) is 595 Å². The van der Waals surface area contributed by atoms with Crippen LogP contribution in [0, 0.1) is 11.8 Å². The lowest BCUT2D eigenvalue weighted by Crippen LogP contribution is -2.63. The molecular formula is C79H113N19O18. The van der Waals surface area contributed by atoms with Gasteiger partial charge in [0, 0.05) is 66.3 Å². The molecule has 1 aliphatic rings. The molecular weight excluding hydrogens is 1500 g/mol. The predicted octanol–water partition coefficient (Wildman–Crippen LogP) is -2.14. The molecule has 12 atom stereocenters. The first-order valence-corrected chi connectivity index (χ1v) is 39.2. The molecule has 24 N–H and O–H groups in total. The molecule has 3 heterocycles. The number of cyclic esters (lactones) is 1. The Balaban J connectivity index is 1.22. The molecule has 6 rings (SSSR count). The highest BCUT2D eigenvalue weighted by Gasteiger charge is 2.40. The molecule has 632 valence electrons. The minimum atomic E-state index is -1.87. The number of aldehydes is 1. The van der Waals surface area contributed by atoms with Crippen molar-refractivity contribution >= 4 is 117 Å². The second-order valence-electron chi connectivity index (χ2n) is 29.2. The number of amides is 14. The van der Waals surface area contributed by atoms with Crippen molar-refractivity contribution in [3.05, 3.63) is 102 Å². The Morgan fingerprint density at radius 2 is 1.04 bits per heavy atom. The summed E-state index contributed by atoms with van der Waals surface area (Å²) in [7, 11) is 0. The van der Waals surface area contributed by atoms with Crippen molar-refractivity contribution in [3.8, 4) is 5.75 Å². The third-order valence-corrected chi connectivity index (χ3v) is 19.6. The van der Waals surface area contributed by atoms with Gasteiger partial charge in [-0.05, 0) is 124 Å². The maximum Gasteiger partial charge on any atom is 0.325 e. The van der Waals surface area contributed by atoms with Crippen LogP contribution in [0.1, 0.15) is 141 Å². The summed E-state index contributed by atoms with van der Waals surface area (Å²) in [5, 5.41) is 44.7. The average Bonchev–Trinajstić information content (AvgIpc) is 1.62. The van der Waals surface area contributed by atoms with E-state index in [9.17, 15) is 77.0 Å². The van der Waals surface area contributed by atoms with Gasteiger partial charge in [0.15, 0.2) is 0 Å². The van der Waals surface area contributed by atoms with Gasteiger partial charge in [-0.3, -0.25) is 71.9 Å². The summed E-state index contributed by atoms with van der Waals surface area (Å²) >= 11 is 0. The lowest BCUT2D eigenvalue weighted by atomic mass is 9.96. The molecule has 1 saturated heterocycles. The van der Waals surface area contributed by atoms with E-state index in [0.29, 0.717) is 57.1 Å². The highest BCUT2D eigenvalue weighted by atomic mass is 16.5. The fraction of sp³-hybridized carbons (Fsp3) is 0.519. The summed E-state index contributed by atoms with van der Waals surface area (Å²) in [4.78, 5) is 228. The van der Waals surface area contributed by atoms with Crippen LogP contribution in [0.15, 0.2) is 85.2 Å². The van der Waals surface area contributed by atoms with Crippen LogP contribution in [-0.2, 0) is 101 Å². The molecule has 37 nitrogen and oxygen atoms in total. The molecule has 14 amide bonds. The van der Waals surface area contributed by atoms with E-state index in [4.69, 9.17) is 27.7 Å². The molecule has 0 bridgehead atoms. The van der Waals surface area contributed by atoms with E-state index in [1.54, 1.807) is 74.8 Å². The van der Waals surface area contributed by atoms with Gasteiger partial charge in [-0.2, -0.15) is 0 Å². The van der Waals surface area contributed by atoms with Crippen LogP contribution < -0.4 is 92.1 Å². The number of hydrogen-bond donors (Lipinski definition) is 20. The summed E-state index contributed by atoms with van der Waals surface area (Å²) in [6.45, 7) is 6.46. The first-order chi connectivity index (χ1) is 55.4. The number of unbranched alkanes of at least 4 members (excludes halogenated alkanes) is 2. The standard InChI is InChI=1S/C79H113N19O18/c1-6-45(4)68-78(114)96-62(38-63(83)101)71(107)87-41-65(103)86-43-67(105)116-46(5)69(79(115)97-68)98-77(113)61(37-49-40-85-54-21-13-11-19-52(49)54)94-72(108)56(23-15-32-81)90-66(104)42-88-70(106)55(22-14-31-80)91-73(109)57(24-16-33-82)92-76(112)60(36-48-39-84-53-20-12-10-18-51(48)53)95-75(111)59(35-47-26-28-50(100)29-27-47)93-74(110)58(30-34-99)89-64(102)25-9-7-8-17-44(2)3/h10-13,18-21,26-29,34,39-40,44-46,55-62,68-69,84-85,100H,6-9,14-17,22-25,30-33,35-38,41-43,80-82H2,1-5H3,(H2,83,101)(H,86,103)(H,87,107)(H,88,106)(H,89,102)(H,90,104)(H,91,109)(H,92,112)(H,93,110)(H,94,108)(H,95,111)(H,96,114)(H,97,115)(H,98,113). The smallest absolute Gasteiger partial charge is 0.325 e. The number of phenols is 1. The van der Waals surface area contributed by atoms with Crippen LogP contribution in [0.5, 0.6) is 5.75 Å². The number of rotatable bonds is 44. The molecule has 0 spiro atoms. The van der Waals surface area contributed by atoms with Crippen molar-refractivity contribution in [2.75, 3.05) is 39.3 Å². The number of para-hydroxylation sites is 2. The Morgan fingerprint density at radius 1 is 0.543 bits per heavy atom. The van der Waals surface area contributed by atoms with Gasteiger partial charge < -0.3 is 117 Å². The summed E-state index contributed by atoms with van der Waals surface area (Å²) in [5.74, 6) is -14.3. The maximum atomic E-state index is 15.0. The fourth-order valence-electron chi connectivity index (χ4n) is 12.9. The minimum Gasteiger partial charge on any atom is -0.508 e. The number of hydrogen-bond acceptors (Lipinski definition) is 21. The number of aromatic hydroxyl groups is 1. The number of fused-ring (bicyclic) bond motifs is 2. The first-order valence-electron chi connectivity index (χ1n) is 39.2. The third-order valence-electron chi connectivity index (χ3n) is 19.6. The van der Waals surface area contributed by atoms with Crippen LogP contribution in [0.25, 0.3) is 21.8 Å². The number of ether oxygens (including phenoxy) is 1. The highest BCUT2D eigenvalue weighted by Crippen LogP contribution is 2.23. The minimum absolute atomic E-state index is 0.00484. The van der Waals surface area contributed by atoms with E-state index in [1.165, 1.54) is 31.2 Å². The van der Waals surface area contributed by atoms with Crippen LogP contribution in [0.2, 0.25) is 0 Å². The molecule has 0 aliphatic carbocycles. The van der Waals surface area contributed by atoms with Crippen LogP contribution >= 0.6 is 0 Å². The summed E-state index contributed by atoms with van der Waals surface area (Å²) in [6.07, 6.45) is 3.78. The number of phenolic OH excluding ortho intramolecular Hbond substituents is 1. The Kier molecular flexibility index (Phi) is 38.3. The normalized spacial score (nSPS) is 17.6. The number of primary amides is 1. The second kappa shape index (κ2) is 47.7. The number of benzene rings is 3. The number of aromatic nitrogens is 2. The molecule has 0 radical (unpaired) electrons. The van der Waals surface area contributed by atoms with Gasteiger partial charge in [0.1, 0.15) is 85.1 Å². The van der Waals surface area contributed by atoms with Crippen molar-refractivity contribution in [2.24, 2.45) is 34.8 Å². The molecule has 1 aliphatic heterocycles. The number of carbonyl (C=O) groups excluding carboxylic acids is 16. The van der Waals surface area contributed by atoms with E-state index in [1.807, 2.05) is 0 Å².